The zero-order valence-corrected chi connectivity index (χ0v) is 7.51. The summed E-state index contributed by atoms with van der Waals surface area (Å²) in [5.41, 5.74) is 0. The molecule has 68 valence electrons. The molecule has 1 heterocycles. The lowest BCUT2D eigenvalue weighted by Gasteiger charge is -1.98. The van der Waals surface area contributed by atoms with E-state index >= 15 is 0 Å². The minimum atomic E-state index is -3.62. The van der Waals surface area contributed by atoms with Gasteiger partial charge in [0, 0.05) is 23.2 Å². The van der Waals surface area contributed by atoms with Crippen LogP contribution >= 0.6 is 0 Å². The Balaban J connectivity index is 2.91. The molecule has 5 heteroatoms. The Labute approximate surface area is 75.4 Å². The number of aromatic nitrogens is 1. The number of rotatable bonds is 1. The second-order valence-corrected chi connectivity index (χ2v) is 4.29. The summed E-state index contributed by atoms with van der Waals surface area (Å²) in [6.45, 7) is 0. The third kappa shape index (κ3) is 1.32. The van der Waals surface area contributed by atoms with Crippen molar-refractivity contribution in [2.45, 2.75) is 4.90 Å². The van der Waals surface area contributed by atoms with Gasteiger partial charge >= 0.3 is 0 Å². The molecule has 0 fully saturated rings. The Morgan fingerprint density at radius 3 is 2.69 bits per heavy atom. The highest BCUT2D eigenvalue weighted by Crippen LogP contribution is 2.20. The zero-order valence-electron chi connectivity index (χ0n) is 6.69. The molecule has 2 rings (SSSR count). The molecule has 1 aromatic carbocycles. The van der Waals surface area contributed by atoms with Gasteiger partial charge in [-0.1, -0.05) is 12.1 Å². The molecule has 0 radical (unpaired) electrons. The minimum absolute atomic E-state index is 0.159. The van der Waals surface area contributed by atoms with Crippen molar-refractivity contribution < 1.29 is 8.42 Å². The molecule has 4 nitrogen and oxygen atoms in total. The van der Waals surface area contributed by atoms with Crippen LogP contribution in [0.1, 0.15) is 0 Å². The SMILES string of the molecule is NS(=O)(=O)c1cccc2c[nH]cc12. The van der Waals surface area contributed by atoms with E-state index in [0.717, 1.165) is 5.39 Å². The third-order valence-electron chi connectivity index (χ3n) is 1.87. The summed E-state index contributed by atoms with van der Waals surface area (Å²) in [6.07, 6.45) is 3.35. The van der Waals surface area contributed by atoms with Crippen LogP contribution in [0.4, 0.5) is 0 Å². The number of primary sulfonamides is 1. The van der Waals surface area contributed by atoms with Crippen molar-refractivity contribution in [2.75, 3.05) is 0 Å². The van der Waals surface area contributed by atoms with E-state index in [-0.39, 0.29) is 4.90 Å². The van der Waals surface area contributed by atoms with E-state index in [4.69, 9.17) is 5.14 Å². The van der Waals surface area contributed by atoms with Gasteiger partial charge < -0.3 is 4.98 Å². The monoisotopic (exact) mass is 196 g/mol. The Morgan fingerprint density at radius 2 is 2.00 bits per heavy atom. The minimum Gasteiger partial charge on any atom is -0.366 e. The van der Waals surface area contributed by atoms with Crippen LogP contribution in [0.5, 0.6) is 0 Å². The molecule has 1 aromatic heterocycles. The van der Waals surface area contributed by atoms with Gasteiger partial charge in [-0.25, -0.2) is 13.6 Å². The van der Waals surface area contributed by atoms with Crippen LogP contribution in [-0.2, 0) is 10.0 Å². The van der Waals surface area contributed by atoms with Crippen molar-refractivity contribution in [1.29, 1.82) is 0 Å². The number of sulfonamides is 1. The lowest BCUT2D eigenvalue weighted by molar-refractivity contribution is 0.598. The fraction of sp³-hybridized carbons (Fsp3) is 0. The lowest BCUT2D eigenvalue weighted by atomic mass is 10.2. The highest BCUT2D eigenvalue weighted by Gasteiger charge is 2.11. The molecule has 0 bridgehead atoms. The number of nitrogens with one attached hydrogen (secondary N) is 1. The Morgan fingerprint density at radius 1 is 1.23 bits per heavy atom. The number of aromatic amines is 1. The Bertz CT molecular complexity index is 542. The van der Waals surface area contributed by atoms with Gasteiger partial charge in [0.25, 0.3) is 0 Å². The third-order valence-corrected chi connectivity index (χ3v) is 2.84. The van der Waals surface area contributed by atoms with Gasteiger partial charge in [0.05, 0.1) is 4.90 Å². The number of nitrogens with two attached hydrogens (primary N) is 1. The number of H-pyrrole nitrogens is 1. The Kier molecular flexibility index (Phi) is 1.64. The predicted octanol–water partition coefficient (Wildman–Crippen LogP) is 0.815. The molecule has 3 N–H and O–H groups in total. The van der Waals surface area contributed by atoms with Gasteiger partial charge in [0.2, 0.25) is 10.0 Å². The van der Waals surface area contributed by atoms with E-state index in [0.29, 0.717) is 5.39 Å². The maximum Gasteiger partial charge on any atom is 0.238 e. The summed E-state index contributed by atoms with van der Waals surface area (Å²) in [7, 11) is -3.62. The van der Waals surface area contributed by atoms with Crippen molar-refractivity contribution in [3.8, 4) is 0 Å². The van der Waals surface area contributed by atoms with Crippen LogP contribution in [0.2, 0.25) is 0 Å². The molecule has 0 aliphatic carbocycles. The first-order valence-electron chi connectivity index (χ1n) is 3.67. The Hall–Kier alpha value is -1.33. The van der Waals surface area contributed by atoms with Gasteiger partial charge in [-0.05, 0) is 6.07 Å². The van der Waals surface area contributed by atoms with E-state index in [1.165, 1.54) is 6.07 Å². The summed E-state index contributed by atoms with van der Waals surface area (Å²) in [5.74, 6) is 0. The zero-order chi connectivity index (χ0) is 9.47. The van der Waals surface area contributed by atoms with Gasteiger partial charge in [0.15, 0.2) is 0 Å². The molecule has 0 saturated carbocycles. The van der Waals surface area contributed by atoms with Crippen LogP contribution in [0.25, 0.3) is 10.8 Å². The van der Waals surface area contributed by atoms with Crippen LogP contribution in [0.15, 0.2) is 35.5 Å². The second-order valence-electron chi connectivity index (χ2n) is 2.76. The molecule has 13 heavy (non-hydrogen) atoms. The normalized spacial score (nSPS) is 12.1. The van der Waals surface area contributed by atoms with Crippen molar-refractivity contribution in [1.82, 2.24) is 4.98 Å². The molecule has 0 atom stereocenters. The first-order valence-corrected chi connectivity index (χ1v) is 5.22. The lowest BCUT2D eigenvalue weighted by Crippen LogP contribution is -2.12. The molecular formula is C8H8N2O2S. The molecular weight excluding hydrogens is 188 g/mol. The molecule has 0 unspecified atom stereocenters. The highest BCUT2D eigenvalue weighted by molar-refractivity contribution is 7.89. The standard InChI is InChI=1S/C8H8N2O2S/c9-13(11,12)8-3-1-2-6-4-10-5-7(6)8/h1-5,10H,(H2,9,11,12). The van der Waals surface area contributed by atoms with Crippen LogP contribution in [0, 0.1) is 0 Å². The number of hydrogen-bond acceptors (Lipinski definition) is 2. The highest BCUT2D eigenvalue weighted by atomic mass is 32.2. The van der Waals surface area contributed by atoms with E-state index in [2.05, 4.69) is 4.98 Å². The van der Waals surface area contributed by atoms with Gasteiger partial charge in [-0.2, -0.15) is 0 Å². The number of hydrogen-bond donors (Lipinski definition) is 2. The number of benzene rings is 1. The molecule has 2 aromatic rings. The maximum atomic E-state index is 11.1. The average molecular weight is 196 g/mol. The van der Waals surface area contributed by atoms with Crippen molar-refractivity contribution in [2.24, 2.45) is 5.14 Å². The fourth-order valence-electron chi connectivity index (χ4n) is 1.30. The topological polar surface area (TPSA) is 76.0 Å². The predicted molar refractivity (Wildman–Crippen MR) is 49.7 cm³/mol. The smallest absolute Gasteiger partial charge is 0.238 e. The molecule has 0 saturated heterocycles. The number of fused-ring (bicyclic) bond motifs is 1. The maximum absolute atomic E-state index is 11.1. The van der Waals surface area contributed by atoms with Crippen LogP contribution in [-0.4, -0.2) is 13.4 Å². The van der Waals surface area contributed by atoms with Crippen molar-refractivity contribution in [3.05, 3.63) is 30.6 Å². The van der Waals surface area contributed by atoms with Crippen molar-refractivity contribution in [3.63, 3.8) is 0 Å². The van der Waals surface area contributed by atoms with E-state index < -0.39 is 10.0 Å². The van der Waals surface area contributed by atoms with Gasteiger partial charge in [-0.3, -0.25) is 0 Å². The summed E-state index contributed by atoms with van der Waals surface area (Å²) in [5, 5.41) is 6.51. The molecule has 0 spiro atoms. The summed E-state index contributed by atoms with van der Waals surface area (Å²) >= 11 is 0. The van der Waals surface area contributed by atoms with Crippen molar-refractivity contribution >= 4 is 20.8 Å². The van der Waals surface area contributed by atoms with Gasteiger partial charge in [0.1, 0.15) is 0 Å². The summed E-state index contributed by atoms with van der Waals surface area (Å²) in [6, 6.07) is 4.97. The van der Waals surface area contributed by atoms with Gasteiger partial charge in [-0.15, -0.1) is 0 Å². The second kappa shape index (κ2) is 2.58. The van der Waals surface area contributed by atoms with Crippen LogP contribution < -0.4 is 5.14 Å². The quantitative estimate of drug-likeness (QED) is 0.708. The molecule has 0 aliphatic heterocycles. The van der Waals surface area contributed by atoms with E-state index in [1.807, 2.05) is 6.07 Å². The van der Waals surface area contributed by atoms with E-state index in [9.17, 15) is 8.42 Å². The molecule has 0 aliphatic rings. The first-order chi connectivity index (χ1) is 6.09. The average Bonchev–Trinajstić information content (AvgIpc) is 2.48. The fourth-order valence-corrected chi connectivity index (χ4v) is 2.06. The van der Waals surface area contributed by atoms with E-state index in [1.54, 1.807) is 18.5 Å². The largest absolute Gasteiger partial charge is 0.366 e. The summed E-state index contributed by atoms with van der Waals surface area (Å²) in [4.78, 5) is 2.99. The summed E-state index contributed by atoms with van der Waals surface area (Å²) < 4.78 is 22.2. The van der Waals surface area contributed by atoms with Crippen LogP contribution in [0.3, 0.4) is 0 Å². The molecule has 0 amide bonds. The first kappa shape index (κ1) is 8.28.